The Morgan fingerprint density at radius 3 is 2.81 bits per heavy atom. The number of hydrogen-bond donors (Lipinski definition) is 2. The zero-order valence-corrected chi connectivity index (χ0v) is 15.2. The van der Waals surface area contributed by atoms with E-state index in [1.165, 1.54) is 6.33 Å². The predicted molar refractivity (Wildman–Crippen MR) is 102 cm³/mol. The zero-order chi connectivity index (χ0) is 19.0. The fourth-order valence-corrected chi connectivity index (χ4v) is 3.72. The maximum absolute atomic E-state index is 10.7. The summed E-state index contributed by atoms with van der Waals surface area (Å²) in [6.45, 7) is 1.92. The van der Waals surface area contributed by atoms with Gasteiger partial charge in [-0.1, -0.05) is 12.1 Å². The lowest BCUT2D eigenvalue weighted by Gasteiger charge is -2.19. The highest BCUT2D eigenvalue weighted by atomic mass is 16.5. The third kappa shape index (κ3) is 3.09. The molecule has 2 heterocycles. The Hall–Kier alpha value is -2.77. The Labute approximate surface area is 157 Å². The van der Waals surface area contributed by atoms with E-state index >= 15 is 0 Å². The van der Waals surface area contributed by atoms with Crippen LogP contribution in [0.4, 0.5) is 0 Å². The Balaban J connectivity index is 1.62. The van der Waals surface area contributed by atoms with Crippen molar-refractivity contribution >= 4 is 17.2 Å². The molecule has 2 aromatic heterocycles. The molecule has 0 bridgehead atoms. The lowest BCUT2D eigenvalue weighted by molar-refractivity contribution is -0.0164. The summed E-state index contributed by atoms with van der Waals surface area (Å²) >= 11 is 0. The van der Waals surface area contributed by atoms with E-state index in [0.29, 0.717) is 12.2 Å². The van der Waals surface area contributed by atoms with E-state index in [9.17, 15) is 10.2 Å². The van der Waals surface area contributed by atoms with Gasteiger partial charge < -0.3 is 19.5 Å². The van der Waals surface area contributed by atoms with Gasteiger partial charge >= 0.3 is 0 Å². The Morgan fingerprint density at radius 2 is 2.00 bits per heavy atom. The maximum atomic E-state index is 10.7. The van der Waals surface area contributed by atoms with Crippen molar-refractivity contribution in [3.8, 4) is 5.75 Å². The fourth-order valence-electron chi connectivity index (χ4n) is 3.72. The molecule has 1 aromatic carbocycles. The molecule has 140 valence electrons. The van der Waals surface area contributed by atoms with Gasteiger partial charge in [0.2, 0.25) is 0 Å². The molecule has 7 heteroatoms. The molecule has 0 aliphatic heterocycles. The molecular weight excluding hydrogens is 344 g/mol. The quantitative estimate of drug-likeness (QED) is 0.688. The molecule has 1 aliphatic carbocycles. The van der Waals surface area contributed by atoms with Gasteiger partial charge in [0, 0.05) is 36.8 Å². The van der Waals surface area contributed by atoms with Gasteiger partial charge in [0.05, 0.1) is 11.7 Å². The van der Waals surface area contributed by atoms with E-state index in [-0.39, 0.29) is 6.04 Å². The van der Waals surface area contributed by atoms with Crippen molar-refractivity contribution in [2.45, 2.75) is 37.7 Å². The Bertz CT molecular complexity index is 984. The molecule has 1 aliphatic rings. The molecule has 0 spiro atoms. The van der Waals surface area contributed by atoms with Gasteiger partial charge in [-0.25, -0.2) is 9.97 Å². The maximum Gasteiger partial charge on any atom is 0.143 e. The minimum Gasteiger partial charge on any atom is -0.487 e. The van der Waals surface area contributed by atoms with Crippen molar-refractivity contribution in [2.75, 3.05) is 7.05 Å². The number of fused-ring (bicyclic) bond motifs is 1. The lowest BCUT2D eigenvalue weighted by atomic mass is 10.2. The summed E-state index contributed by atoms with van der Waals surface area (Å²) in [4.78, 5) is 12.6. The fraction of sp³-hybridized carbons (Fsp3) is 0.350. The van der Waals surface area contributed by atoms with Crippen LogP contribution in [-0.4, -0.2) is 56.3 Å². The van der Waals surface area contributed by atoms with Crippen molar-refractivity contribution in [3.63, 3.8) is 0 Å². The van der Waals surface area contributed by atoms with Gasteiger partial charge in [0.1, 0.15) is 36.0 Å². The number of rotatable bonds is 4. The molecule has 1 fully saturated rings. The molecule has 27 heavy (non-hydrogen) atoms. The monoisotopic (exact) mass is 366 g/mol. The van der Waals surface area contributed by atoms with E-state index in [0.717, 1.165) is 22.3 Å². The zero-order valence-electron chi connectivity index (χ0n) is 15.2. The average molecular weight is 366 g/mol. The van der Waals surface area contributed by atoms with Gasteiger partial charge in [-0.3, -0.25) is 4.99 Å². The van der Waals surface area contributed by atoms with Crippen molar-refractivity contribution in [1.82, 2.24) is 14.5 Å². The number of hydrogen-bond acceptors (Lipinski definition) is 6. The summed E-state index contributed by atoms with van der Waals surface area (Å²) in [5, 5.41) is 22.2. The number of aromatic nitrogens is 3. The van der Waals surface area contributed by atoms with E-state index in [1.54, 1.807) is 13.3 Å². The predicted octanol–water partition coefficient (Wildman–Crippen LogP) is 1.90. The van der Waals surface area contributed by atoms with E-state index < -0.39 is 18.3 Å². The third-order valence-corrected chi connectivity index (χ3v) is 5.13. The standard InChI is InChI=1S/C20H22N4O3/c1-12-14-7-8-24(20(14)23-11-22-12)15-9-17(19(26)18(15)25)27-16-6-4-3-5-13(16)10-21-2/h3-8,10-11,15,17-19,25-26H,9H2,1-2H3/t15-,17+,18+,19-/m1/s1. The van der Waals surface area contributed by atoms with Crippen LogP contribution in [0.15, 0.2) is 47.8 Å². The van der Waals surface area contributed by atoms with Crippen molar-refractivity contribution in [1.29, 1.82) is 0 Å². The molecular formula is C20H22N4O3. The van der Waals surface area contributed by atoms with Gasteiger partial charge in [0.25, 0.3) is 0 Å². The molecule has 3 aromatic rings. The summed E-state index contributed by atoms with van der Waals surface area (Å²) in [5.41, 5.74) is 2.46. The lowest BCUT2D eigenvalue weighted by Crippen LogP contribution is -2.34. The van der Waals surface area contributed by atoms with Crippen LogP contribution < -0.4 is 4.74 Å². The first kappa shape index (κ1) is 17.6. The summed E-state index contributed by atoms with van der Waals surface area (Å²) in [7, 11) is 1.70. The molecule has 4 atom stereocenters. The van der Waals surface area contributed by atoms with Crippen LogP contribution in [0.5, 0.6) is 5.75 Å². The molecule has 4 rings (SSSR count). The van der Waals surface area contributed by atoms with Crippen LogP contribution in [0.25, 0.3) is 11.0 Å². The van der Waals surface area contributed by atoms with Gasteiger partial charge in [-0.2, -0.15) is 0 Å². The Morgan fingerprint density at radius 1 is 1.19 bits per heavy atom. The van der Waals surface area contributed by atoms with Crippen molar-refractivity contribution < 1.29 is 14.9 Å². The first-order valence-corrected chi connectivity index (χ1v) is 8.92. The molecule has 2 N–H and O–H groups in total. The second-order valence-electron chi connectivity index (χ2n) is 6.79. The minimum atomic E-state index is -0.998. The van der Waals surface area contributed by atoms with Crippen LogP contribution in [0.1, 0.15) is 23.7 Å². The molecule has 7 nitrogen and oxygen atoms in total. The normalized spacial score (nSPS) is 25.5. The van der Waals surface area contributed by atoms with E-state index in [4.69, 9.17) is 4.74 Å². The second-order valence-corrected chi connectivity index (χ2v) is 6.79. The first-order valence-electron chi connectivity index (χ1n) is 8.92. The highest BCUT2D eigenvalue weighted by Crippen LogP contribution is 2.36. The van der Waals surface area contributed by atoms with Gasteiger partial charge in [0.15, 0.2) is 0 Å². The summed E-state index contributed by atoms with van der Waals surface area (Å²) in [6, 6.07) is 9.12. The number of nitrogens with zero attached hydrogens (tertiary/aromatic N) is 4. The second kappa shape index (κ2) is 7.09. The highest BCUT2D eigenvalue weighted by molar-refractivity contribution is 5.83. The molecule has 0 radical (unpaired) electrons. The number of ether oxygens (including phenoxy) is 1. The van der Waals surface area contributed by atoms with Crippen LogP contribution in [0.2, 0.25) is 0 Å². The van der Waals surface area contributed by atoms with Crippen LogP contribution in [0, 0.1) is 6.92 Å². The number of aliphatic hydroxyl groups excluding tert-OH is 2. The summed E-state index contributed by atoms with van der Waals surface area (Å²) in [5.74, 6) is 0.635. The van der Waals surface area contributed by atoms with E-state index in [1.807, 2.05) is 48.0 Å². The van der Waals surface area contributed by atoms with E-state index in [2.05, 4.69) is 15.0 Å². The van der Waals surface area contributed by atoms with Crippen molar-refractivity contribution in [2.24, 2.45) is 4.99 Å². The van der Waals surface area contributed by atoms with Gasteiger partial charge in [-0.15, -0.1) is 0 Å². The number of aliphatic hydroxyl groups is 2. The number of aryl methyl sites for hydroxylation is 1. The summed E-state index contributed by atoms with van der Waals surface area (Å²) in [6.07, 6.45) is 3.09. The van der Waals surface area contributed by atoms with Crippen LogP contribution in [0.3, 0.4) is 0 Å². The third-order valence-electron chi connectivity index (χ3n) is 5.13. The highest BCUT2D eigenvalue weighted by Gasteiger charge is 2.44. The topological polar surface area (TPSA) is 92.8 Å². The number of para-hydroxylation sites is 1. The SMILES string of the molecule is CN=Cc1ccccc1O[C@H]1C[C@@H](n2ccc3c(C)ncnc32)[C@H](O)[C@@H]1O. The molecule has 0 unspecified atom stereocenters. The average Bonchev–Trinajstić information content (AvgIpc) is 3.21. The van der Waals surface area contributed by atoms with Crippen LogP contribution >= 0.6 is 0 Å². The minimum absolute atomic E-state index is 0.330. The van der Waals surface area contributed by atoms with Crippen LogP contribution in [-0.2, 0) is 0 Å². The molecule has 1 saturated carbocycles. The van der Waals surface area contributed by atoms with Gasteiger partial charge in [-0.05, 0) is 25.1 Å². The summed E-state index contributed by atoms with van der Waals surface area (Å²) < 4.78 is 7.96. The smallest absolute Gasteiger partial charge is 0.143 e. The van der Waals surface area contributed by atoms with Crippen molar-refractivity contribution in [3.05, 3.63) is 54.1 Å². The number of aliphatic imine (C=N–C) groups is 1. The first-order chi connectivity index (χ1) is 13.1. The molecule has 0 saturated heterocycles. The largest absolute Gasteiger partial charge is 0.487 e. The Kier molecular flexibility index (Phi) is 4.63. The number of benzene rings is 1. The molecule has 0 amide bonds.